The molecule has 0 N–H and O–H groups in total. The van der Waals surface area contributed by atoms with Crippen LogP contribution in [0.1, 0.15) is 60.4 Å². The van der Waals surface area contributed by atoms with Gasteiger partial charge in [-0.3, -0.25) is 9.78 Å². The Balaban J connectivity index is 2.52. The number of hydrogen-bond donors (Lipinski definition) is 0. The summed E-state index contributed by atoms with van der Waals surface area (Å²) in [5, 5.41) is 0.0230. The summed E-state index contributed by atoms with van der Waals surface area (Å²) < 4.78 is 11.3. The van der Waals surface area contributed by atoms with Crippen LogP contribution < -0.4 is 0 Å². The smallest absolute Gasteiger partial charge is 0.340 e. The monoisotopic (exact) mass is 335 g/mol. The Morgan fingerprint density at radius 2 is 1.91 bits per heavy atom. The number of rotatable bonds is 3. The van der Waals surface area contributed by atoms with Crippen LogP contribution in [0.2, 0.25) is 18.1 Å². The molecule has 1 aromatic heterocycles. The van der Waals surface area contributed by atoms with Crippen LogP contribution in [-0.2, 0) is 14.8 Å². The van der Waals surface area contributed by atoms with Gasteiger partial charge in [-0.15, -0.1) is 0 Å². The van der Waals surface area contributed by atoms with Gasteiger partial charge >= 0.3 is 5.97 Å². The number of fused-ring (bicyclic) bond motifs is 1. The highest BCUT2D eigenvalue weighted by Gasteiger charge is 2.49. The summed E-state index contributed by atoms with van der Waals surface area (Å²) in [5.74, 6) is -0.636. The first-order valence-corrected chi connectivity index (χ1v) is 10.6. The van der Waals surface area contributed by atoms with E-state index >= 15 is 0 Å². The lowest BCUT2D eigenvalue weighted by Crippen LogP contribution is -2.46. The number of pyridine rings is 1. The van der Waals surface area contributed by atoms with Crippen LogP contribution in [0.3, 0.4) is 0 Å². The zero-order valence-corrected chi connectivity index (χ0v) is 15.9. The molecule has 1 atom stereocenters. The zero-order chi connectivity index (χ0) is 17.6. The Kier molecular flexibility index (Phi) is 4.28. The minimum atomic E-state index is -2.09. The van der Waals surface area contributed by atoms with E-state index in [4.69, 9.17) is 9.16 Å². The minimum absolute atomic E-state index is 0.0230. The maximum Gasteiger partial charge on any atom is 0.340 e. The highest BCUT2D eigenvalue weighted by molar-refractivity contribution is 6.74. The van der Waals surface area contributed by atoms with Crippen LogP contribution in [0.5, 0.6) is 0 Å². The molecule has 5 nitrogen and oxygen atoms in total. The molecule has 2 rings (SSSR count). The standard InChI is InChI=1S/C17H25NO4Si/c1-16(2,3)23(6,7)22-17(4)8-13(19)14-11(15(20)21-5)9-18-10-12(14)17/h9-10H,8H2,1-7H3/t17-/m0/s1. The van der Waals surface area contributed by atoms with Crippen LogP contribution in [0.25, 0.3) is 0 Å². The second-order valence-corrected chi connectivity index (χ2v) is 12.5. The van der Waals surface area contributed by atoms with Gasteiger partial charge in [0.25, 0.3) is 0 Å². The third kappa shape index (κ3) is 2.97. The van der Waals surface area contributed by atoms with Crippen molar-refractivity contribution in [3.63, 3.8) is 0 Å². The minimum Gasteiger partial charge on any atom is -0.465 e. The van der Waals surface area contributed by atoms with Crippen molar-refractivity contribution in [1.82, 2.24) is 4.98 Å². The first-order chi connectivity index (χ1) is 10.4. The zero-order valence-electron chi connectivity index (χ0n) is 14.9. The molecule has 0 aliphatic heterocycles. The fourth-order valence-corrected chi connectivity index (χ4v) is 4.34. The number of aromatic nitrogens is 1. The summed E-state index contributed by atoms with van der Waals surface area (Å²) in [6, 6.07) is 0. The summed E-state index contributed by atoms with van der Waals surface area (Å²) in [7, 11) is -0.791. The van der Waals surface area contributed by atoms with Gasteiger partial charge in [0.05, 0.1) is 18.3 Å². The normalized spacial score (nSPS) is 21.3. The van der Waals surface area contributed by atoms with Crippen molar-refractivity contribution in [1.29, 1.82) is 0 Å². The quantitative estimate of drug-likeness (QED) is 0.622. The number of Topliss-reactive ketones (excluding diaryl/α,β-unsaturated/α-hetero) is 1. The van der Waals surface area contributed by atoms with E-state index in [1.54, 1.807) is 6.20 Å². The van der Waals surface area contributed by atoms with Gasteiger partial charge in [-0.05, 0) is 25.1 Å². The number of ketones is 1. The van der Waals surface area contributed by atoms with Gasteiger partial charge in [0.15, 0.2) is 14.1 Å². The lowest BCUT2D eigenvalue weighted by Gasteiger charge is -2.42. The van der Waals surface area contributed by atoms with Gasteiger partial charge in [0.2, 0.25) is 0 Å². The lowest BCUT2D eigenvalue weighted by atomic mass is 9.99. The number of carbonyl (C=O) groups is 2. The molecule has 0 unspecified atom stereocenters. The van der Waals surface area contributed by atoms with Gasteiger partial charge in [0.1, 0.15) is 0 Å². The predicted molar refractivity (Wildman–Crippen MR) is 90.2 cm³/mol. The van der Waals surface area contributed by atoms with Gasteiger partial charge in [-0.2, -0.15) is 0 Å². The molecule has 1 aliphatic rings. The van der Waals surface area contributed by atoms with E-state index in [1.165, 1.54) is 13.3 Å². The predicted octanol–water partition coefficient (Wildman–Crippen LogP) is 3.69. The van der Waals surface area contributed by atoms with E-state index in [0.29, 0.717) is 11.1 Å². The van der Waals surface area contributed by atoms with E-state index in [2.05, 4.69) is 38.8 Å². The van der Waals surface area contributed by atoms with Crippen molar-refractivity contribution in [2.24, 2.45) is 0 Å². The third-order valence-electron chi connectivity index (χ3n) is 4.98. The molecular formula is C17H25NO4Si. The Morgan fingerprint density at radius 3 is 2.43 bits per heavy atom. The van der Waals surface area contributed by atoms with E-state index < -0.39 is 19.9 Å². The van der Waals surface area contributed by atoms with Crippen molar-refractivity contribution in [3.05, 3.63) is 29.1 Å². The molecule has 0 bridgehead atoms. The first-order valence-electron chi connectivity index (χ1n) is 7.73. The van der Waals surface area contributed by atoms with Crippen molar-refractivity contribution in [2.75, 3.05) is 7.11 Å². The fraction of sp³-hybridized carbons (Fsp3) is 0.588. The number of ether oxygens (including phenoxy) is 1. The van der Waals surface area contributed by atoms with E-state index in [-0.39, 0.29) is 22.8 Å². The molecule has 0 fully saturated rings. The van der Waals surface area contributed by atoms with Gasteiger partial charge in [-0.25, -0.2) is 4.79 Å². The largest absolute Gasteiger partial charge is 0.465 e. The molecule has 0 saturated carbocycles. The van der Waals surface area contributed by atoms with Gasteiger partial charge < -0.3 is 9.16 Å². The third-order valence-corrected chi connectivity index (χ3v) is 9.56. The van der Waals surface area contributed by atoms with Crippen LogP contribution in [0.15, 0.2) is 12.4 Å². The fourth-order valence-electron chi connectivity index (χ4n) is 2.72. The average molecular weight is 335 g/mol. The first kappa shape index (κ1) is 17.8. The molecule has 6 heteroatoms. The van der Waals surface area contributed by atoms with Crippen LogP contribution in [0.4, 0.5) is 0 Å². The maximum atomic E-state index is 12.6. The van der Waals surface area contributed by atoms with Gasteiger partial charge in [0, 0.05) is 29.9 Å². The molecule has 0 aromatic carbocycles. The van der Waals surface area contributed by atoms with Gasteiger partial charge in [-0.1, -0.05) is 20.8 Å². The van der Waals surface area contributed by atoms with Crippen molar-refractivity contribution < 1.29 is 18.8 Å². The highest BCUT2D eigenvalue weighted by atomic mass is 28.4. The van der Waals surface area contributed by atoms with Crippen LogP contribution >= 0.6 is 0 Å². The second-order valence-electron chi connectivity index (χ2n) is 7.79. The second kappa shape index (κ2) is 5.53. The number of hydrogen-bond acceptors (Lipinski definition) is 5. The van der Waals surface area contributed by atoms with Crippen molar-refractivity contribution in [2.45, 2.75) is 57.8 Å². The SMILES string of the molecule is COC(=O)c1cncc2c1C(=O)C[C@]2(C)O[Si](C)(C)C(C)(C)C. The van der Waals surface area contributed by atoms with Crippen molar-refractivity contribution >= 4 is 20.1 Å². The average Bonchev–Trinajstić information content (AvgIpc) is 2.67. The number of methoxy groups -OCH3 is 1. The number of esters is 1. The molecular weight excluding hydrogens is 310 g/mol. The molecule has 1 aromatic rings. The number of carbonyl (C=O) groups excluding carboxylic acids is 2. The van der Waals surface area contributed by atoms with Crippen LogP contribution in [-0.4, -0.2) is 32.2 Å². The molecule has 1 heterocycles. The summed E-state index contributed by atoms with van der Waals surface area (Å²) in [6.45, 7) is 12.7. The lowest BCUT2D eigenvalue weighted by molar-refractivity contribution is 0.0593. The molecule has 0 amide bonds. The maximum absolute atomic E-state index is 12.6. The Labute approximate surface area is 138 Å². The van der Waals surface area contributed by atoms with E-state index in [0.717, 1.165) is 0 Å². The number of nitrogens with zero attached hydrogens (tertiary/aromatic N) is 1. The van der Waals surface area contributed by atoms with E-state index in [1.807, 2.05) is 6.92 Å². The Morgan fingerprint density at radius 1 is 1.30 bits per heavy atom. The highest BCUT2D eigenvalue weighted by Crippen LogP contribution is 2.47. The Bertz CT molecular complexity index is 663. The summed E-state index contributed by atoms with van der Waals surface area (Å²) in [6.07, 6.45) is 3.25. The van der Waals surface area contributed by atoms with Crippen LogP contribution in [0, 0.1) is 0 Å². The van der Waals surface area contributed by atoms with E-state index in [9.17, 15) is 9.59 Å². The molecule has 1 aliphatic carbocycles. The topological polar surface area (TPSA) is 65.5 Å². The molecule has 23 heavy (non-hydrogen) atoms. The van der Waals surface area contributed by atoms with Crippen molar-refractivity contribution in [3.8, 4) is 0 Å². The summed E-state index contributed by atoms with van der Waals surface area (Å²) in [4.78, 5) is 28.6. The molecule has 0 saturated heterocycles. The Hall–Kier alpha value is -1.53. The molecule has 0 radical (unpaired) electrons. The molecule has 0 spiro atoms. The summed E-state index contributed by atoms with van der Waals surface area (Å²) in [5.41, 5.74) is 0.563. The summed E-state index contributed by atoms with van der Waals surface area (Å²) >= 11 is 0. The molecule has 126 valence electrons.